The predicted molar refractivity (Wildman–Crippen MR) is 77.1 cm³/mol. The monoisotopic (exact) mass is 265 g/mol. The van der Waals surface area contributed by atoms with Crippen molar-refractivity contribution in [2.24, 2.45) is 5.73 Å². The van der Waals surface area contributed by atoms with E-state index in [1.807, 2.05) is 32.9 Å². The number of ether oxygens (including phenoxy) is 3. The van der Waals surface area contributed by atoms with E-state index in [4.69, 9.17) is 19.9 Å². The van der Waals surface area contributed by atoms with Crippen molar-refractivity contribution in [1.82, 2.24) is 0 Å². The third-order valence-corrected chi connectivity index (χ3v) is 2.57. The Bertz CT molecular complexity index is 391. The van der Waals surface area contributed by atoms with E-state index >= 15 is 0 Å². The molecule has 0 aliphatic heterocycles. The SMILES string of the molecule is C=CC(N)c1cc(OCC)c(OCC)c(OCC)c1. The fourth-order valence-electron chi connectivity index (χ4n) is 1.74. The van der Waals surface area contributed by atoms with Gasteiger partial charge in [-0.2, -0.15) is 0 Å². The van der Waals surface area contributed by atoms with Gasteiger partial charge in [-0.1, -0.05) is 6.08 Å². The van der Waals surface area contributed by atoms with Gasteiger partial charge in [0.1, 0.15) is 0 Å². The van der Waals surface area contributed by atoms with Gasteiger partial charge in [0.2, 0.25) is 5.75 Å². The van der Waals surface area contributed by atoms with Gasteiger partial charge in [0.15, 0.2) is 11.5 Å². The number of hydrogen-bond acceptors (Lipinski definition) is 4. The molecule has 0 radical (unpaired) electrons. The summed E-state index contributed by atoms with van der Waals surface area (Å²) in [7, 11) is 0. The molecule has 0 bridgehead atoms. The van der Waals surface area contributed by atoms with E-state index in [9.17, 15) is 0 Å². The number of nitrogens with two attached hydrogens (primary N) is 1. The van der Waals surface area contributed by atoms with Crippen LogP contribution in [-0.2, 0) is 0 Å². The molecule has 0 aliphatic carbocycles. The lowest BCUT2D eigenvalue weighted by atomic mass is 10.1. The average molecular weight is 265 g/mol. The molecule has 2 N–H and O–H groups in total. The first-order chi connectivity index (χ1) is 9.17. The number of hydrogen-bond donors (Lipinski definition) is 1. The van der Waals surface area contributed by atoms with E-state index in [2.05, 4.69) is 6.58 Å². The van der Waals surface area contributed by atoms with Crippen molar-refractivity contribution < 1.29 is 14.2 Å². The standard InChI is InChI=1S/C15H23NO3/c1-5-12(16)11-9-13(17-6-2)15(19-8-4)14(10-11)18-7-3/h5,9-10,12H,1,6-8,16H2,2-4H3. The Hall–Kier alpha value is -1.68. The first-order valence-corrected chi connectivity index (χ1v) is 6.62. The second kappa shape index (κ2) is 7.69. The third kappa shape index (κ3) is 3.89. The van der Waals surface area contributed by atoms with Crippen LogP contribution in [0.3, 0.4) is 0 Å². The number of rotatable bonds is 8. The Kier molecular flexibility index (Phi) is 6.22. The molecule has 4 heteroatoms. The highest BCUT2D eigenvalue weighted by molar-refractivity contribution is 5.55. The molecule has 0 saturated heterocycles. The van der Waals surface area contributed by atoms with Gasteiger partial charge in [-0.3, -0.25) is 0 Å². The Morgan fingerprint density at radius 3 is 1.89 bits per heavy atom. The van der Waals surface area contributed by atoms with Gasteiger partial charge in [0.25, 0.3) is 0 Å². The van der Waals surface area contributed by atoms with E-state index in [0.717, 1.165) is 5.56 Å². The zero-order chi connectivity index (χ0) is 14.3. The van der Waals surface area contributed by atoms with Crippen LogP contribution in [0.4, 0.5) is 0 Å². The van der Waals surface area contributed by atoms with Crippen molar-refractivity contribution in [3.05, 3.63) is 30.4 Å². The van der Waals surface area contributed by atoms with E-state index in [1.165, 1.54) is 0 Å². The second-order valence-corrected chi connectivity index (χ2v) is 3.91. The summed E-state index contributed by atoms with van der Waals surface area (Å²) < 4.78 is 16.9. The lowest BCUT2D eigenvalue weighted by Gasteiger charge is -2.18. The van der Waals surface area contributed by atoms with Crippen LogP contribution >= 0.6 is 0 Å². The van der Waals surface area contributed by atoms with Crippen molar-refractivity contribution in [1.29, 1.82) is 0 Å². The average Bonchev–Trinajstić information content (AvgIpc) is 2.41. The van der Waals surface area contributed by atoms with Gasteiger partial charge in [0, 0.05) is 6.04 Å². The highest BCUT2D eigenvalue weighted by Gasteiger charge is 2.16. The molecular weight excluding hydrogens is 242 g/mol. The molecule has 0 saturated carbocycles. The molecule has 1 aromatic rings. The van der Waals surface area contributed by atoms with Crippen molar-refractivity contribution in [2.45, 2.75) is 26.8 Å². The highest BCUT2D eigenvalue weighted by atomic mass is 16.5. The van der Waals surface area contributed by atoms with Crippen LogP contribution < -0.4 is 19.9 Å². The largest absolute Gasteiger partial charge is 0.490 e. The molecule has 106 valence electrons. The molecule has 0 heterocycles. The van der Waals surface area contributed by atoms with Gasteiger partial charge >= 0.3 is 0 Å². The quantitative estimate of drug-likeness (QED) is 0.734. The topological polar surface area (TPSA) is 53.7 Å². The molecule has 0 aliphatic rings. The van der Waals surface area contributed by atoms with Crippen LogP contribution in [0, 0.1) is 0 Å². The van der Waals surface area contributed by atoms with E-state index < -0.39 is 0 Å². The summed E-state index contributed by atoms with van der Waals surface area (Å²) in [6.07, 6.45) is 1.68. The maximum Gasteiger partial charge on any atom is 0.203 e. The summed E-state index contributed by atoms with van der Waals surface area (Å²) in [5.74, 6) is 1.94. The zero-order valence-electron chi connectivity index (χ0n) is 11.9. The van der Waals surface area contributed by atoms with Gasteiger partial charge in [-0.05, 0) is 38.5 Å². The summed E-state index contributed by atoms with van der Waals surface area (Å²) in [6, 6.07) is 3.50. The maximum atomic E-state index is 5.98. The van der Waals surface area contributed by atoms with E-state index in [0.29, 0.717) is 37.1 Å². The van der Waals surface area contributed by atoms with Gasteiger partial charge in [-0.15, -0.1) is 6.58 Å². The Morgan fingerprint density at radius 2 is 1.53 bits per heavy atom. The molecule has 0 fully saturated rings. The normalized spacial score (nSPS) is 11.8. The molecule has 1 rings (SSSR count). The molecular formula is C15H23NO3. The van der Waals surface area contributed by atoms with Crippen molar-refractivity contribution >= 4 is 0 Å². The molecule has 1 aromatic carbocycles. The smallest absolute Gasteiger partial charge is 0.203 e. The molecule has 0 amide bonds. The fraction of sp³-hybridized carbons (Fsp3) is 0.467. The van der Waals surface area contributed by atoms with Crippen molar-refractivity contribution in [3.63, 3.8) is 0 Å². The minimum absolute atomic E-state index is 0.255. The maximum absolute atomic E-state index is 5.98. The molecule has 1 atom stereocenters. The van der Waals surface area contributed by atoms with Crippen LogP contribution in [0.5, 0.6) is 17.2 Å². The first kappa shape index (κ1) is 15.4. The van der Waals surface area contributed by atoms with Crippen LogP contribution in [0.1, 0.15) is 32.4 Å². The van der Waals surface area contributed by atoms with Gasteiger partial charge in [0.05, 0.1) is 19.8 Å². The molecule has 19 heavy (non-hydrogen) atoms. The van der Waals surface area contributed by atoms with E-state index in [1.54, 1.807) is 6.08 Å². The summed E-state index contributed by atoms with van der Waals surface area (Å²) in [5, 5.41) is 0. The van der Waals surface area contributed by atoms with E-state index in [-0.39, 0.29) is 6.04 Å². The van der Waals surface area contributed by atoms with Gasteiger partial charge < -0.3 is 19.9 Å². The number of benzene rings is 1. The van der Waals surface area contributed by atoms with Crippen LogP contribution in [0.2, 0.25) is 0 Å². The summed E-state index contributed by atoms with van der Waals surface area (Å²) >= 11 is 0. The lowest BCUT2D eigenvalue weighted by Crippen LogP contribution is -2.09. The highest BCUT2D eigenvalue weighted by Crippen LogP contribution is 2.40. The van der Waals surface area contributed by atoms with Crippen LogP contribution in [-0.4, -0.2) is 19.8 Å². The second-order valence-electron chi connectivity index (χ2n) is 3.91. The summed E-state index contributed by atoms with van der Waals surface area (Å²) in [4.78, 5) is 0. The molecule has 0 spiro atoms. The molecule has 1 unspecified atom stereocenters. The first-order valence-electron chi connectivity index (χ1n) is 6.62. The van der Waals surface area contributed by atoms with Crippen molar-refractivity contribution in [2.75, 3.05) is 19.8 Å². The predicted octanol–water partition coefficient (Wildman–Crippen LogP) is 3.07. The molecule has 4 nitrogen and oxygen atoms in total. The zero-order valence-corrected chi connectivity index (χ0v) is 11.9. The summed E-state index contributed by atoms with van der Waals surface area (Å²) in [6.45, 7) is 11.1. The minimum atomic E-state index is -0.255. The Morgan fingerprint density at radius 1 is 1.05 bits per heavy atom. The summed E-state index contributed by atoms with van der Waals surface area (Å²) in [5.41, 5.74) is 6.87. The Labute approximate surface area is 115 Å². The minimum Gasteiger partial charge on any atom is -0.490 e. The van der Waals surface area contributed by atoms with Gasteiger partial charge in [-0.25, -0.2) is 0 Å². The third-order valence-electron chi connectivity index (χ3n) is 2.57. The van der Waals surface area contributed by atoms with Crippen LogP contribution in [0.15, 0.2) is 24.8 Å². The Balaban J connectivity index is 3.28. The molecule has 0 aromatic heterocycles. The van der Waals surface area contributed by atoms with Crippen molar-refractivity contribution in [3.8, 4) is 17.2 Å². The fourth-order valence-corrected chi connectivity index (χ4v) is 1.74. The lowest BCUT2D eigenvalue weighted by molar-refractivity contribution is 0.260. The van der Waals surface area contributed by atoms with Crippen LogP contribution in [0.25, 0.3) is 0 Å².